The quantitative estimate of drug-likeness (QED) is 0.592. The second kappa shape index (κ2) is 9.46. The molecule has 0 saturated heterocycles. The Morgan fingerprint density at radius 1 is 1.12 bits per heavy atom. The normalized spacial score (nSPS) is 11.2. The molecule has 9 heteroatoms. The number of aryl methyl sites for hydroxylation is 2. The lowest BCUT2D eigenvalue weighted by molar-refractivity contribution is -0.0512. The van der Waals surface area contributed by atoms with E-state index in [1.807, 2.05) is 44.2 Å². The van der Waals surface area contributed by atoms with Gasteiger partial charge in [0, 0.05) is 0 Å². The van der Waals surface area contributed by atoms with Gasteiger partial charge in [-0.05, 0) is 48.7 Å². The van der Waals surface area contributed by atoms with Gasteiger partial charge in [-0.3, -0.25) is 9.36 Å². The van der Waals surface area contributed by atoms with Gasteiger partial charge in [0.2, 0.25) is 0 Å². The summed E-state index contributed by atoms with van der Waals surface area (Å²) < 4.78 is 36.5. The molecule has 1 heterocycles. The van der Waals surface area contributed by atoms with E-state index in [-0.39, 0.29) is 26.3 Å². The van der Waals surface area contributed by atoms with Gasteiger partial charge in [-0.15, -0.1) is 11.3 Å². The number of thiazole rings is 1. The smallest absolute Gasteiger partial charge is 0.387 e. The Hall–Kier alpha value is -3.95. The molecule has 0 unspecified atom stereocenters. The average Bonchev–Trinajstić information content (AvgIpc) is 3.05. The van der Waals surface area contributed by atoms with Crippen LogP contribution in [0.15, 0.2) is 41.2 Å². The molecule has 32 heavy (non-hydrogen) atoms. The molecule has 0 aliphatic carbocycles. The van der Waals surface area contributed by atoms with Gasteiger partial charge in [-0.25, -0.2) is 0 Å². The van der Waals surface area contributed by atoms with Gasteiger partial charge < -0.3 is 9.47 Å². The molecule has 0 spiro atoms. The topological polar surface area (TPSA) is 88.0 Å². The van der Waals surface area contributed by atoms with Crippen LogP contribution in [0.1, 0.15) is 16.7 Å². The molecular weight excluding hydrogens is 436 g/mol. The van der Waals surface area contributed by atoms with E-state index >= 15 is 0 Å². The molecule has 0 amide bonds. The van der Waals surface area contributed by atoms with Crippen molar-refractivity contribution in [1.29, 1.82) is 10.5 Å². The molecule has 0 aliphatic rings. The standard InChI is InChI=1S/C23H17F2N3O3S/c1-13-5-4-6-14(2)20(13)28-21(29)19(32-22(28)16(11-26)12-27)10-15-7-8-17(31-23(24)25)18(9-15)30-3/h4-10,23H,1-3H3/b19-10-. The van der Waals surface area contributed by atoms with E-state index < -0.39 is 12.2 Å². The lowest BCUT2D eigenvalue weighted by Gasteiger charge is -2.10. The Bertz CT molecular complexity index is 1410. The number of nitriles is 2. The number of nitrogens with zero attached hydrogens (tertiary/aromatic N) is 3. The first-order valence-electron chi connectivity index (χ1n) is 9.28. The third-order valence-corrected chi connectivity index (χ3v) is 5.72. The maximum atomic E-state index is 13.4. The Morgan fingerprint density at radius 2 is 1.78 bits per heavy atom. The summed E-state index contributed by atoms with van der Waals surface area (Å²) in [4.78, 5) is 13.4. The molecule has 0 fully saturated rings. The molecule has 0 radical (unpaired) electrons. The molecule has 0 bridgehead atoms. The van der Waals surface area contributed by atoms with Crippen LogP contribution in [0.25, 0.3) is 17.3 Å². The van der Waals surface area contributed by atoms with E-state index in [2.05, 4.69) is 4.74 Å². The Balaban J connectivity index is 2.33. The summed E-state index contributed by atoms with van der Waals surface area (Å²) in [5, 5.41) is 18.9. The molecule has 3 aromatic rings. The molecule has 1 aromatic heterocycles. The van der Waals surface area contributed by atoms with Crippen LogP contribution in [0.4, 0.5) is 8.78 Å². The highest BCUT2D eigenvalue weighted by Gasteiger charge is 2.15. The van der Waals surface area contributed by atoms with Crippen molar-refractivity contribution in [1.82, 2.24) is 4.57 Å². The minimum absolute atomic E-state index is 0.0761. The van der Waals surface area contributed by atoms with E-state index in [4.69, 9.17) is 4.74 Å². The fraction of sp³-hybridized carbons (Fsp3) is 0.174. The zero-order chi connectivity index (χ0) is 23.4. The summed E-state index contributed by atoms with van der Waals surface area (Å²) >= 11 is 1.000. The molecule has 6 nitrogen and oxygen atoms in total. The number of alkyl halides is 2. The van der Waals surface area contributed by atoms with Crippen molar-refractivity contribution in [2.45, 2.75) is 20.5 Å². The molecule has 0 aliphatic heterocycles. The van der Waals surface area contributed by atoms with Crippen LogP contribution in [-0.2, 0) is 0 Å². The predicted octanol–water partition coefficient (Wildman–Crippen LogP) is 3.15. The van der Waals surface area contributed by atoms with E-state index in [1.165, 1.54) is 29.9 Å². The number of methoxy groups -OCH3 is 1. The van der Waals surface area contributed by atoms with Gasteiger partial charge >= 0.3 is 6.61 Å². The van der Waals surface area contributed by atoms with Gasteiger partial charge in [0.25, 0.3) is 5.56 Å². The van der Waals surface area contributed by atoms with E-state index in [1.54, 1.807) is 6.08 Å². The maximum absolute atomic E-state index is 13.4. The van der Waals surface area contributed by atoms with Crippen molar-refractivity contribution in [3.8, 4) is 29.3 Å². The summed E-state index contributed by atoms with van der Waals surface area (Å²) in [5.41, 5.74) is 2.12. The van der Waals surface area contributed by atoms with Crippen molar-refractivity contribution >= 4 is 23.0 Å². The number of benzene rings is 2. The fourth-order valence-corrected chi connectivity index (χ4v) is 4.29. The van der Waals surface area contributed by atoms with Gasteiger partial charge in [0.1, 0.15) is 16.8 Å². The third-order valence-electron chi connectivity index (χ3n) is 4.63. The Labute approximate surface area is 186 Å². The number of hydrogen-bond donors (Lipinski definition) is 0. The SMILES string of the molecule is COc1cc(/C=c2\sc(=C(C#N)C#N)n(-c3c(C)cccc3C)c2=O)ccc1OC(F)F. The summed E-state index contributed by atoms with van der Waals surface area (Å²) in [6.45, 7) is 0.670. The van der Waals surface area contributed by atoms with Crippen LogP contribution in [0.2, 0.25) is 0 Å². The van der Waals surface area contributed by atoms with Crippen LogP contribution < -0.4 is 24.2 Å². The molecule has 0 saturated carbocycles. The average molecular weight is 453 g/mol. The minimum Gasteiger partial charge on any atom is -0.493 e. The zero-order valence-corrected chi connectivity index (χ0v) is 18.2. The number of para-hydroxylation sites is 1. The van der Waals surface area contributed by atoms with Crippen LogP contribution in [0.3, 0.4) is 0 Å². The number of ether oxygens (including phenoxy) is 2. The first kappa shape index (κ1) is 22.7. The largest absolute Gasteiger partial charge is 0.493 e. The van der Waals surface area contributed by atoms with Crippen LogP contribution in [-0.4, -0.2) is 18.3 Å². The van der Waals surface area contributed by atoms with Crippen molar-refractivity contribution < 1.29 is 18.3 Å². The zero-order valence-electron chi connectivity index (χ0n) is 17.3. The first-order chi connectivity index (χ1) is 15.3. The molecule has 2 aromatic carbocycles. The van der Waals surface area contributed by atoms with Crippen molar-refractivity contribution in [3.63, 3.8) is 0 Å². The highest BCUT2D eigenvalue weighted by molar-refractivity contribution is 7.07. The molecular formula is C23H17F2N3O3S. The summed E-state index contributed by atoms with van der Waals surface area (Å²) in [6.07, 6.45) is 1.54. The van der Waals surface area contributed by atoms with E-state index in [9.17, 15) is 24.1 Å². The van der Waals surface area contributed by atoms with Gasteiger partial charge in [0.05, 0.1) is 17.3 Å². The number of hydrogen-bond acceptors (Lipinski definition) is 6. The van der Waals surface area contributed by atoms with Crippen molar-refractivity contribution in [2.75, 3.05) is 7.11 Å². The highest BCUT2D eigenvalue weighted by Crippen LogP contribution is 2.29. The highest BCUT2D eigenvalue weighted by atomic mass is 32.1. The van der Waals surface area contributed by atoms with Gasteiger partial charge in [0.15, 0.2) is 17.1 Å². The number of aromatic nitrogens is 1. The fourth-order valence-electron chi connectivity index (χ4n) is 3.25. The second-order valence-electron chi connectivity index (χ2n) is 6.68. The summed E-state index contributed by atoms with van der Waals surface area (Å²) in [5.74, 6) is -0.0590. The Morgan fingerprint density at radius 3 is 2.34 bits per heavy atom. The Kier molecular flexibility index (Phi) is 6.72. The first-order valence-corrected chi connectivity index (χ1v) is 10.1. The van der Waals surface area contributed by atoms with E-state index in [0.29, 0.717) is 11.3 Å². The maximum Gasteiger partial charge on any atom is 0.387 e. The molecule has 0 atom stereocenters. The van der Waals surface area contributed by atoms with Crippen molar-refractivity contribution in [2.24, 2.45) is 0 Å². The molecule has 0 N–H and O–H groups in total. The second-order valence-corrected chi connectivity index (χ2v) is 7.71. The monoisotopic (exact) mass is 453 g/mol. The predicted molar refractivity (Wildman–Crippen MR) is 116 cm³/mol. The number of rotatable bonds is 5. The van der Waals surface area contributed by atoms with Crippen LogP contribution in [0, 0.1) is 36.5 Å². The molecule has 3 rings (SSSR count). The van der Waals surface area contributed by atoms with Gasteiger partial charge in [-0.1, -0.05) is 24.3 Å². The minimum atomic E-state index is -3.01. The summed E-state index contributed by atoms with van der Waals surface area (Å²) in [7, 11) is 1.32. The lowest BCUT2D eigenvalue weighted by Crippen LogP contribution is -2.31. The van der Waals surface area contributed by atoms with Crippen molar-refractivity contribution in [3.05, 3.63) is 72.6 Å². The summed E-state index contributed by atoms with van der Waals surface area (Å²) in [6, 6.07) is 13.5. The lowest BCUT2D eigenvalue weighted by atomic mass is 10.1. The number of halogens is 2. The van der Waals surface area contributed by atoms with Gasteiger partial charge in [-0.2, -0.15) is 19.3 Å². The third kappa shape index (κ3) is 4.39. The molecule has 162 valence electrons. The van der Waals surface area contributed by atoms with Crippen LogP contribution >= 0.6 is 11.3 Å². The van der Waals surface area contributed by atoms with E-state index in [0.717, 1.165) is 22.5 Å². The van der Waals surface area contributed by atoms with Crippen LogP contribution in [0.5, 0.6) is 11.5 Å².